The molecule has 0 aliphatic heterocycles. The fraction of sp³-hybridized carbons (Fsp3) is 0.448. The van der Waals surface area contributed by atoms with E-state index in [1.165, 1.54) is 13.5 Å². The molecule has 0 saturated heterocycles. The molecule has 1 atom stereocenters. The average Bonchev–Trinajstić information content (AvgIpc) is 3.24. The average molecular weight is 480 g/mol. The number of aromatic hydroxyl groups is 1. The first-order chi connectivity index (χ1) is 16.3. The smallest absolute Gasteiger partial charge is 0.507 e. The first kappa shape index (κ1) is 26.3. The zero-order valence-electron chi connectivity index (χ0n) is 22.2. The van der Waals surface area contributed by atoms with Gasteiger partial charge in [0.15, 0.2) is 6.39 Å². The monoisotopic (exact) mass is 479 g/mol. The van der Waals surface area contributed by atoms with Crippen LogP contribution in [0.1, 0.15) is 101 Å². The van der Waals surface area contributed by atoms with Gasteiger partial charge in [0.25, 0.3) is 0 Å². The summed E-state index contributed by atoms with van der Waals surface area (Å²) in [6, 6.07) is 11.4. The number of benzene rings is 2. The van der Waals surface area contributed by atoms with Crippen molar-refractivity contribution in [2.45, 2.75) is 78.1 Å². The molecule has 0 saturated carbocycles. The van der Waals surface area contributed by atoms with Crippen molar-refractivity contribution < 1.29 is 23.8 Å². The molecule has 3 rings (SSSR count). The van der Waals surface area contributed by atoms with Crippen LogP contribution in [0.3, 0.4) is 0 Å². The number of hydrogen-bond donors (Lipinski definition) is 1. The molecule has 6 nitrogen and oxygen atoms in total. The second-order valence-electron chi connectivity index (χ2n) is 11.2. The molecule has 3 aromatic rings. The summed E-state index contributed by atoms with van der Waals surface area (Å²) in [5, 5.41) is 11.3. The number of carbonyl (C=O) groups is 1. The van der Waals surface area contributed by atoms with Crippen LogP contribution in [0.2, 0.25) is 0 Å². The molecule has 1 unspecified atom stereocenters. The third kappa shape index (κ3) is 5.53. The van der Waals surface area contributed by atoms with Crippen molar-refractivity contribution in [2.24, 2.45) is 0 Å². The summed E-state index contributed by atoms with van der Waals surface area (Å²) >= 11 is 0. The number of aromatic nitrogens is 1. The van der Waals surface area contributed by atoms with E-state index in [2.05, 4.69) is 60.4 Å². The van der Waals surface area contributed by atoms with Crippen LogP contribution in [0, 0.1) is 0 Å². The molecule has 0 aliphatic carbocycles. The molecule has 0 radical (unpaired) electrons. The van der Waals surface area contributed by atoms with Crippen LogP contribution in [0.15, 0.2) is 47.2 Å². The summed E-state index contributed by atoms with van der Waals surface area (Å²) in [6.45, 7) is 16.6. The normalized spacial score (nSPS) is 13.1. The number of phenolic OH excluding ortho intramolecular Hbond substituents is 1. The van der Waals surface area contributed by atoms with Gasteiger partial charge in [0.1, 0.15) is 17.3 Å². The van der Waals surface area contributed by atoms with E-state index in [4.69, 9.17) is 13.9 Å². The SMILES string of the molecule is COC(=O)Oc1ccccc1C(c1cc(C(C)(C)C)c(O)c(C(C)(C)C)c1)c1ncoc1C(C)C. The standard InChI is InChI=1S/C29H37NO5/c1-17(2)26-24(30-16-34-26)23(19-12-10-11-13-22(19)35-27(32)33-9)18-14-20(28(3,4)5)25(31)21(15-18)29(6,7)8/h10-17,23,31H,1-9H3. The highest BCUT2D eigenvalue weighted by atomic mass is 16.7. The largest absolute Gasteiger partial charge is 0.513 e. The van der Waals surface area contributed by atoms with Gasteiger partial charge in [0.2, 0.25) is 0 Å². The van der Waals surface area contributed by atoms with Crippen molar-refractivity contribution in [3.05, 3.63) is 76.5 Å². The number of oxazole rings is 1. The fourth-order valence-corrected chi connectivity index (χ4v) is 4.31. The molecule has 0 spiro atoms. The number of phenols is 1. The molecule has 0 aliphatic rings. The van der Waals surface area contributed by atoms with Gasteiger partial charge in [-0.05, 0) is 33.6 Å². The molecule has 0 amide bonds. The third-order valence-corrected chi connectivity index (χ3v) is 6.09. The maximum atomic E-state index is 12.1. The Hall–Kier alpha value is -3.28. The molecule has 188 valence electrons. The molecule has 35 heavy (non-hydrogen) atoms. The lowest BCUT2D eigenvalue weighted by atomic mass is 9.75. The van der Waals surface area contributed by atoms with Gasteiger partial charge in [-0.3, -0.25) is 0 Å². The molecule has 6 heteroatoms. The maximum Gasteiger partial charge on any atom is 0.513 e. The van der Waals surface area contributed by atoms with Gasteiger partial charge < -0.3 is 19.0 Å². The number of carbonyl (C=O) groups excluding carboxylic acids is 1. The van der Waals surface area contributed by atoms with Crippen molar-refractivity contribution in [1.82, 2.24) is 4.98 Å². The Kier molecular flexibility index (Phi) is 7.34. The van der Waals surface area contributed by atoms with E-state index in [1.54, 1.807) is 6.07 Å². The second kappa shape index (κ2) is 9.76. The number of rotatable bonds is 5. The molecule has 0 fully saturated rings. The van der Waals surface area contributed by atoms with Crippen LogP contribution in [0.5, 0.6) is 11.5 Å². The molecule has 1 aromatic heterocycles. The van der Waals surface area contributed by atoms with Gasteiger partial charge in [-0.1, -0.05) is 85.7 Å². The Labute approximate surface area is 208 Å². The van der Waals surface area contributed by atoms with Crippen LogP contribution in [-0.2, 0) is 15.6 Å². The highest BCUT2D eigenvalue weighted by Crippen LogP contribution is 2.45. The fourth-order valence-electron chi connectivity index (χ4n) is 4.31. The van der Waals surface area contributed by atoms with Crippen molar-refractivity contribution in [1.29, 1.82) is 0 Å². The minimum atomic E-state index is -0.795. The molecule has 2 aromatic carbocycles. The minimum absolute atomic E-state index is 0.0879. The number of para-hydroxylation sites is 1. The lowest BCUT2D eigenvalue weighted by molar-refractivity contribution is 0.121. The van der Waals surface area contributed by atoms with Crippen molar-refractivity contribution in [3.63, 3.8) is 0 Å². The van der Waals surface area contributed by atoms with Crippen LogP contribution >= 0.6 is 0 Å². The van der Waals surface area contributed by atoms with Gasteiger partial charge in [-0.15, -0.1) is 0 Å². The van der Waals surface area contributed by atoms with Gasteiger partial charge in [-0.25, -0.2) is 9.78 Å². The molecular formula is C29H37NO5. The predicted octanol–water partition coefficient (Wildman–Crippen LogP) is 7.42. The van der Waals surface area contributed by atoms with Gasteiger partial charge in [0.05, 0.1) is 18.7 Å². The first-order valence-corrected chi connectivity index (χ1v) is 11.9. The van der Waals surface area contributed by atoms with Gasteiger partial charge in [0, 0.05) is 11.5 Å². The molecule has 1 heterocycles. The summed E-state index contributed by atoms with van der Waals surface area (Å²) in [5.41, 5.74) is 3.48. The Bertz CT molecular complexity index is 1160. The Balaban J connectivity index is 2.40. The van der Waals surface area contributed by atoms with E-state index >= 15 is 0 Å². The number of methoxy groups -OCH3 is 1. The zero-order chi connectivity index (χ0) is 26.1. The third-order valence-electron chi connectivity index (χ3n) is 6.09. The van der Waals surface area contributed by atoms with Crippen molar-refractivity contribution >= 4 is 6.16 Å². The molecule has 0 bridgehead atoms. The van der Waals surface area contributed by atoms with E-state index in [0.717, 1.165) is 33.7 Å². The van der Waals surface area contributed by atoms with Crippen LogP contribution in [0.4, 0.5) is 4.79 Å². The summed E-state index contributed by atoms with van der Waals surface area (Å²) in [4.78, 5) is 16.7. The molecular weight excluding hydrogens is 442 g/mol. The van der Waals surface area contributed by atoms with E-state index < -0.39 is 12.1 Å². The van der Waals surface area contributed by atoms with Crippen LogP contribution in [0.25, 0.3) is 0 Å². The summed E-state index contributed by atoms with van der Waals surface area (Å²) in [7, 11) is 1.28. The van der Waals surface area contributed by atoms with Gasteiger partial charge in [-0.2, -0.15) is 0 Å². The zero-order valence-corrected chi connectivity index (χ0v) is 22.2. The Morgan fingerprint density at radius 2 is 1.57 bits per heavy atom. The Morgan fingerprint density at radius 1 is 1.00 bits per heavy atom. The van der Waals surface area contributed by atoms with Gasteiger partial charge >= 0.3 is 6.16 Å². The van der Waals surface area contributed by atoms with Crippen LogP contribution < -0.4 is 4.74 Å². The quantitative estimate of drug-likeness (QED) is 0.303. The lowest BCUT2D eigenvalue weighted by Crippen LogP contribution is -2.19. The van der Waals surface area contributed by atoms with E-state index in [-0.39, 0.29) is 16.7 Å². The van der Waals surface area contributed by atoms with E-state index in [9.17, 15) is 9.90 Å². The van der Waals surface area contributed by atoms with Crippen molar-refractivity contribution in [3.8, 4) is 11.5 Å². The highest BCUT2D eigenvalue weighted by Gasteiger charge is 2.33. The highest BCUT2D eigenvalue weighted by molar-refractivity contribution is 5.65. The molecule has 1 N–H and O–H groups in total. The topological polar surface area (TPSA) is 81.8 Å². The first-order valence-electron chi connectivity index (χ1n) is 11.9. The number of nitrogens with zero attached hydrogens (tertiary/aromatic N) is 1. The lowest BCUT2D eigenvalue weighted by Gasteiger charge is -2.30. The Morgan fingerprint density at radius 3 is 2.09 bits per heavy atom. The van der Waals surface area contributed by atoms with E-state index in [1.807, 2.05) is 30.3 Å². The number of ether oxygens (including phenoxy) is 2. The summed E-state index contributed by atoms with van der Waals surface area (Å²) in [6.07, 6.45) is 0.661. The maximum absolute atomic E-state index is 12.1. The summed E-state index contributed by atoms with van der Waals surface area (Å²) in [5.74, 6) is 1.12. The second-order valence-corrected chi connectivity index (χ2v) is 11.2. The minimum Gasteiger partial charge on any atom is -0.507 e. The summed E-state index contributed by atoms with van der Waals surface area (Å²) < 4.78 is 16.1. The van der Waals surface area contributed by atoms with Crippen LogP contribution in [-0.4, -0.2) is 23.4 Å². The van der Waals surface area contributed by atoms with E-state index in [0.29, 0.717) is 11.5 Å². The number of hydrogen-bond acceptors (Lipinski definition) is 6. The van der Waals surface area contributed by atoms with Crippen molar-refractivity contribution in [2.75, 3.05) is 7.11 Å². The predicted molar refractivity (Wildman–Crippen MR) is 137 cm³/mol.